The molecule has 2 aromatic carbocycles. The number of fused-ring (bicyclic) bond motifs is 8. The fraction of sp³-hybridized carbons (Fsp3) is 0.382. The Morgan fingerprint density at radius 1 is 1.04 bits per heavy atom. The molecule has 3 amide bonds. The van der Waals surface area contributed by atoms with Crippen LogP contribution in [0.5, 0.6) is 17.2 Å². The molecule has 1 aliphatic carbocycles. The van der Waals surface area contributed by atoms with Crippen LogP contribution in [0.3, 0.4) is 0 Å². The number of amides is 3. The number of nitrogens with zero attached hydrogens (tertiary/aromatic N) is 4. The highest BCUT2D eigenvalue weighted by molar-refractivity contribution is 6.06. The van der Waals surface area contributed by atoms with Crippen molar-refractivity contribution in [1.82, 2.24) is 30.3 Å². The number of aryl methyl sites for hydroxylation is 3. The molecule has 4 bridgehead atoms. The summed E-state index contributed by atoms with van der Waals surface area (Å²) in [7, 11) is 1.81. The molecular formula is C34H36N6O6. The van der Waals surface area contributed by atoms with Gasteiger partial charge >= 0.3 is 0 Å². The number of benzene rings is 2. The van der Waals surface area contributed by atoms with Crippen molar-refractivity contribution < 1.29 is 28.6 Å². The van der Waals surface area contributed by atoms with Gasteiger partial charge in [-0.3, -0.25) is 19.1 Å². The van der Waals surface area contributed by atoms with Gasteiger partial charge in [0.1, 0.15) is 23.4 Å². The van der Waals surface area contributed by atoms with Crippen LogP contribution in [0.25, 0.3) is 11.0 Å². The van der Waals surface area contributed by atoms with Gasteiger partial charge in [-0.25, -0.2) is 4.98 Å². The van der Waals surface area contributed by atoms with E-state index in [1.54, 1.807) is 33.8 Å². The summed E-state index contributed by atoms with van der Waals surface area (Å²) in [5.74, 6) is 1.09. The molecule has 1 saturated heterocycles. The first kappa shape index (κ1) is 29.6. The first-order valence-electron chi connectivity index (χ1n) is 15.5. The Morgan fingerprint density at radius 2 is 1.85 bits per heavy atom. The molecular weight excluding hydrogens is 588 g/mol. The van der Waals surface area contributed by atoms with Crippen molar-refractivity contribution in [3.05, 3.63) is 76.6 Å². The van der Waals surface area contributed by atoms with Gasteiger partial charge in [0.2, 0.25) is 0 Å². The molecule has 3 aliphatic heterocycles. The van der Waals surface area contributed by atoms with E-state index in [-0.39, 0.29) is 37.4 Å². The summed E-state index contributed by atoms with van der Waals surface area (Å²) in [5, 5.41) is 11.2. The highest BCUT2D eigenvalue weighted by Crippen LogP contribution is 2.31. The van der Waals surface area contributed by atoms with E-state index in [0.717, 1.165) is 24.1 Å². The first-order chi connectivity index (χ1) is 22.2. The summed E-state index contributed by atoms with van der Waals surface area (Å²) < 4.78 is 19.9. The third kappa shape index (κ3) is 6.19. The summed E-state index contributed by atoms with van der Waals surface area (Å²) in [6.07, 6.45) is 1.70. The van der Waals surface area contributed by atoms with E-state index >= 15 is 0 Å². The van der Waals surface area contributed by atoms with Crippen molar-refractivity contribution in [2.24, 2.45) is 13.0 Å². The van der Waals surface area contributed by atoms with Gasteiger partial charge in [-0.2, -0.15) is 5.10 Å². The summed E-state index contributed by atoms with van der Waals surface area (Å²) in [6.45, 7) is 4.86. The lowest BCUT2D eigenvalue weighted by Gasteiger charge is -2.21. The maximum Gasteiger partial charge on any atom is 0.258 e. The predicted octanol–water partition coefficient (Wildman–Crippen LogP) is 3.08. The largest absolute Gasteiger partial charge is 0.493 e. The van der Waals surface area contributed by atoms with Crippen molar-refractivity contribution in [2.75, 3.05) is 26.3 Å². The van der Waals surface area contributed by atoms with Crippen LogP contribution in [0.1, 0.15) is 50.5 Å². The smallest absolute Gasteiger partial charge is 0.258 e. The molecule has 2 atom stereocenters. The molecule has 12 heteroatoms. The van der Waals surface area contributed by atoms with Gasteiger partial charge in [0.25, 0.3) is 17.7 Å². The van der Waals surface area contributed by atoms with Gasteiger partial charge in [-0.15, -0.1) is 0 Å². The monoisotopic (exact) mass is 624 g/mol. The molecule has 0 radical (unpaired) electrons. The average Bonchev–Trinajstić information content (AvgIpc) is 3.73. The molecule has 238 valence electrons. The number of carbonyl (C=O) groups excluding carboxylic acids is 3. The van der Waals surface area contributed by atoms with Crippen LogP contribution in [0.4, 0.5) is 0 Å². The van der Waals surface area contributed by atoms with E-state index in [2.05, 4.69) is 20.7 Å². The van der Waals surface area contributed by atoms with Crippen molar-refractivity contribution in [3.63, 3.8) is 0 Å². The van der Waals surface area contributed by atoms with Crippen molar-refractivity contribution in [2.45, 2.75) is 45.4 Å². The summed E-state index contributed by atoms with van der Waals surface area (Å²) in [6, 6.07) is 13.6. The SMILES string of the molecule is Cc1cc(C(=O)N2C[C@@H]3NC(=O)c4cc(cc(OCC5CC5)c4)OCC(=O)NCc4ccc(cc4)O[C@H]3C2)c2c(C)nn(C)c2n1. The minimum absolute atomic E-state index is 0.184. The van der Waals surface area contributed by atoms with Crippen LogP contribution in [0.2, 0.25) is 0 Å². The third-order valence-electron chi connectivity index (χ3n) is 8.59. The Kier molecular flexibility index (Phi) is 7.71. The van der Waals surface area contributed by atoms with E-state index in [4.69, 9.17) is 14.2 Å². The van der Waals surface area contributed by atoms with Crippen molar-refractivity contribution in [1.29, 1.82) is 0 Å². The topological polar surface area (TPSA) is 137 Å². The lowest BCUT2D eigenvalue weighted by Crippen LogP contribution is -2.45. The van der Waals surface area contributed by atoms with Crippen molar-refractivity contribution >= 4 is 28.8 Å². The average molecular weight is 625 g/mol. The summed E-state index contributed by atoms with van der Waals surface area (Å²) in [5.41, 5.74) is 3.79. The molecule has 1 saturated carbocycles. The first-order valence-corrected chi connectivity index (χ1v) is 15.5. The quantitative estimate of drug-likeness (QED) is 0.354. The van der Waals surface area contributed by atoms with E-state index in [1.807, 2.05) is 45.2 Å². The van der Waals surface area contributed by atoms with Crippen LogP contribution < -0.4 is 24.8 Å². The number of ether oxygens (including phenoxy) is 3. The fourth-order valence-corrected chi connectivity index (χ4v) is 5.99. The zero-order valence-electron chi connectivity index (χ0n) is 26.0. The van der Waals surface area contributed by atoms with E-state index in [9.17, 15) is 14.4 Å². The minimum Gasteiger partial charge on any atom is -0.493 e. The highest BCUT2D eigenvalue weighted by atomic mass is 16.5. The molecule has 2 aromatic heterocycles. The maximum atomic E-state index is 14.1. The fourth-order valence-electron chi connectivity index (χ4n) is 5.99. The van der Waals surface area contributed by atoms with E-state index in [1.165, 1.54) is 0 Å². The Bertz CT molecular complexity index is 1830. The van der Waals surface area contributed by atoms with Gasteiger partial charge in [0, 0.05) is 37.5 Å². The minimum atomic E-state index is -0.535. The van der Waals surface area contributed by atoms with Crippen LogP contribution in [0, 0.1) is 19.8 Å². The van der Waals surface area contributed by atoms with E-state index in [0.29, 0.717) is 64.2 Å². The Hall–Kier alpha value is -5.13. The number of hydrogen-bond donors (Lipinski definition) is 2. The van der Waals surface area contributed by atoms with Gasteiger partial charge < -0.3 is 29.7 Å². The molecule has 2 N–H and O–H groups in total. The van der Waals surface area contributed by atoms with Gasteiger partial charge in [0.15, 0.2) is 12.3 Å². The number of rotatable bonds is 4. The van der Waals surface area contributed by atoms with Gasteiger partial charge in [-0.1, -0.05) is 12.1 Å². The molecule has 0 spiro atoms. The Morgan fingerprint density at radius 3 is 2.63 bits per heavy atom. The van der Waals surface area contributed by atoms with Crippen LogP contribution in [-0.2, 0) is 18.4 Å². The summed E-state index contributed by atoms with van der Waals surface area (Å²) in [4.78, 5) is 46.7. The Labute approximate surface area is 266 Å². The van der Waals surface area contributed by atoms with E-state index < -0.39 is 12.1 Å². The summed E-state index contributed by atoms with van der Waals surface area (Å²) >= 11 is 0. The van der Waals surface area contributed by atoms with Crippen LogP contribution in [-0.4, -0.2) is 75.8 Å². The number of hydrogen-bond acceptors (Lipinski definition) is 8. The lowest BCUT2D eigenvalue weighted by atomic mass is 10.1. The molecule has 12 nitrogen and oxygen atoms in total. The zero-order chi connectivity index (χ0) is 31.9. The molecule has 2 fully saturated rings. The second-order valence-electron chi connectivity index (χ2n) is 12.3. The second kappa shape index (κ2) is 12.0. The van der Waals surface area contributed by atoms with Crippen molar-refractivity contribution in [3.8, 4) is 17.2 Å². The number of likely N-dealkylation sites (tertiary alicyclic amines) is 1. The number of pyridine rings is 1. The normalized spacial score (nSPS) is 19.9. The number of carbonyl (C=O) groups is 3. The Balaban J connectivity index is 1.21. The third-order valence-corrected chi connectivity index (χ3v) is 8.59. The molecule has 4 aromatic rings. The standard InChI is InChI=1S/C34H36N6O6/c1-19-10-27(31-20(2)38-39(3)32(31)36-19)34(43)40-15-28-29(16-40)46-24-8-6-21(7-9-24)14-35-30(41)18-45-26-12-23(33(42)37-28)11-25(13-26)44-17-22-4-5-22/h6-13,22,28-29H,4-5,14-18H2,1-3H3,(H,35,41)(H,37,42)/t28-,29-/m0/s1. The maximum absolute atomic E-state index is 14.1. The zero-order valence-corrected chi connectivity index (χ0v) is 26.0. The molecule has 4 aliphatic rings. The van der Waals surface area contributed by atoms with Gasteiger partial charge in [0.05, 0.1) is 35.8 Å². The molecule has 8 rings (SSSR count). The highest BCUT2D eigenvalue weighted by Gasteiger charge is 2.39. The molecule has 5 heterocycles. The van der Waals surface area contributed by atoms with Crippen LogP contribution >= 0.6 is 0 Å². The predicted molar refractivity (Wildman–Crippen MR) is 168 cm³/mol. The second-order valence-corrected chi connectivity index (χ2v) is 12.3. The lowest BCUT2D eigenvalue weighted by molar-refractivity contribution is -0.123. The number of nitrogens with one attached hydrogen (secondary N) is 2. The van der Waals surface area contributed by atoms with Crippen LogP contribution in [0.15, 0.2) is 48.5 Å². The molecule has 46 heavy (non-hydrogen) atoms. The molecule has 0 unspecified atom stereocenters. The van der Waals surface area contributed by atoms with Gasteiger partial charge in [-0.05, 0) is 68.5 Å². The number of aromatic nitrogens is 3.